The molecule has 2 rings (SSSR count). The highest BCUT2D eigenvalue weighted by Crippen LogP contribution is 2.28. The number of rotatable bonds is 6. The van der Waals surface area contributed by atoms with Crippen molar-refractivity contribution < 1.29 is 9.13 Å². The first-order valence-corrected chi connectivity index (χ1v) is 7.43. The molecule has 21 heavy (non-hydrogen) atoms. The van der Waals surface area contributed by atoms with Crippen molar-refractivity contribution in [2.75, 3.05) is 6.54 Å². The highest BCUT2D eigenvalue weighted by atomic mass is 35.5. The van der Waals surface area contributed by atoms with Crippen molar-refractivity contribution in [3.63, 3.8) is 0 Å². The lowest BCUT2D eigenvalue weighted by Gasteiger charge is -2.14. The van der Waals surface area contributed by atoms with Crippen molar-refractivity contribution in [1.29, 1.82) is 0 Å². The fraction of sp³-hybridized carbons (Fsp3) is 0.250. The Bertz CT molecular complexity index is 599. The summed E-state index contributed by atoms with van der Waals surface area (Å²) in [5.74, 6) is -0.164. The summed E-state index contributed by atoms with van der Waals surface area (Å²) in [6.07, 6.45) is 0. The Hall–Kier alpha value is -1.29. The molecule has 1 N–H and O–H groups in total. The van der Waals surface area contributed by atoms with E-state index >= 15 is 0 Å². The Balaban J connectivity index is 2.19. The molecule has 0 amide bonds. The zero-order valence-electron chi connectivity index (χ0n) is 11.6. The first-order valence-electron chi connectivity index (χ1n) is 6.67. The van der Waals surface area contributed by atoms with E-state index in [0.717, 1.165) is 12.1 Å². The first-order chi connectivity index (χ1) is 10.1. The Morgan fingerprint density at radius 3 is 2.43 bits per heavy atom. The van der Waals surface area contributed by atoms with Gasteiger partial charge in [-0.25, -0.2) is 4.39 Å². The molecule has 0 aliphatic heterocycles. The van der Waals surface area contributed by atoms with Crippen molar-refractivity contribution in [1.82, 2.24) is 5.32 Å². The molecule has 0 aliphatic carbocycles. The Morgan fingerprint density at radius 2 is 1.76 bits per heavy atom. The molecule has 0 radical (unpaired) electrons. The van der Waals surface area contributed by atoms with Gasteiger partial charge in [-0.3, -0.25) is 0 Å². The predicted octanol–water partition coefficient (Wildman–Crippen LogP) is 4.82. The third-order valence-electron chi connectivity index (χ3n) is 3.04. The molecular weight excluding hydrogens is 312 g/mol. The quantitative estimate of drug-likeness (QED) is 0.821. The molecule has 2 nitrogen and oxygen atoms in total. The van der Waals surface area contributed by atoms with Crippen molar-refractivity contribution >= 4 is 23.2 Å². The predicted molar refractivity (Wildman–Crippen MR) is 84.6 cm³/mol. The third-order valence-corrected chi connectivity index (χ3v) is 3.74. The van der Waals surface area contributed by atoms with Gasteiger partial charge in [0.1, 0.15) is 6.61 Å². The van der Waals surface area contributed by atoms with Gasteiger partial charge < -0.3 is 10.1 Å². The minimum Gasteiger partial charge on any atom is -0.485 e. The lowest BCUT2D eigenvalue weighted by molar-refractivity contribution is 0.286. The summed E-state index contributed by atoms with van der Waals surface area (Å²) in [7, 11) is 0. The van der Waals surface area contributed by atoms with Gasteiger partial charge >= 0.3 is 0 Å². The monoisotopic (exact) mass is 327 g/mol. The molecule has 2 aromatic carbocycles. The summed E-state index contributed by atoms with van der Waals surface area (Å²) < 4.78 is 19.6. The summed E-state index contributed by atoms with van der Waals surface area (Å²) in [5.41, 5.74) is 1.42. The minimum absolute atomic E-state index is 0.124. The second-order valence-electron chi connectivity index (χ2n) is 4.50. The van der Waals surface area contributed by atoms with Gasteiger partial charge in [-0.05, 0) is 24.7 Å². The van der Waals surface area contributed by atoms with Gasteiger partial charge in [0, 0.05) is 27.7 Å². The van der Waals surface area contributed by atoms with Gasteiger partial charge in [-0.2, -0.15) is 0 Å². The molecule has 0 aromatic heterocycles. The number of ether oxygens (including phenoxy) is 1. The van der Waals surface area contributed by atoms with Gasteiger partial charge in [0.05, 0.1) is 0 Å². The number of para-hydroxylation sites is 1. The minimum atomic E-state index is -0.395. The highest BCUT2D eigenvalue weighted by Gasteiger charge is 2.12. The summed E-state index contributed by atoms with van der Waals surface area (Å²) in [6, 6.07) is 10.1. The topological polar surface area (TPSA) is 21.3 Å². The van der Waals surface area contributed by atoms with E-state index in [0.29, 0.717) is 22.2 Å². The number of benzene rings is 2. The standard InChI is InChI=1S/C16H16Cl2FNO/c1-2-20-9-11-5-3-8-15(19)16(11)21-10-12-13(17)6-4-7-14(12)18/h3-8,20H,2,9-10H2,1H3. The lowest BCUT2D eigenvalue weighted by Crippen LogP contribution is -2.13. The van der Waals surface area contributed by atoms with E-state index in [1.54, 1.807) is 24.3 Å². The van der Waals surface area contributed by atoms with E-state index in [1.165, 1.54) is 6.07 Å². The second kappa shape index (κ2) is 7.64. The molecule has 0 fully saturated rings. The molecular formula is C16H16Cl2FNO. The number of hydrogen-bond donors (Lipinski definition) is 1. The van der Waals surface area contributed by atoms with E-state index in [-0.39, 0.29) is 12.4 Å². The summed E-state index contributed by atoms with van der Waals surface area (Å²) in [5, 5.41) is 4.17. The van der Waals surface area contributed by atoms with Crippen LogP contribution in [0.3, 0.4) is 0 Å². The van der Waals surface area contributed by atoms with Crippen LogP contribution in [-0.4, -0.2) is 6.54 Å². The molecule has 2 aromatic rings. The largest absolute Gasteiger partial charge is 0.485 e. The van der Waals surface area contributed by atoms with Crippen LogP contribution < -0.4 is 10.1 Å². The first kappa shape index (κ1) is 16.1. The number of nitrogens with one attached hydrogen (secondary N) is 1. The SMILES string of the molecule is CCNCc1cccc(F)c1OCc1c(Cl)cccc1Cl. The van der Waals surface area contributed by atoms with Crippen LogP contribution in [0.15, 0.2) is 36.4 Å². The molecule has 5 heteroatoms. The zero-order valence-corrected chi connectivity index (χ0v) is 13.1. The van der Waals surface area contributed by atoms with Gasteiger partial charge in [-0.15, -0.1) is 0 Å². The number of hydrogen-bond acceptors (Lipinski definition) is 2. The van der Waals surface area contributed by atoms with Crippen molar-refractivity contribution in [2.24, 2.45) is 0 Å². The van der Waals surface area contributed by atoms with Crippen LogP contribution in [0, 0.1) is 5.82 Å². The van der Waals surface area contributed by atoms with Gasteiger partial charge in [-0.1, -0.05) is 48.3 Å². The molecule has 0 aliphatic rings. The molecule has 0 saturated heterocycles. The maximum absolute atomic E-state index is 14.0. The van der Waals surface area contributed by atoms with Gasteiger partial charge in [0.15, 0.2) is 11.6 Å². The van der Waals surface area contributed by atoms with Crippen LogP contribution in [0.25, 0.3) is 0 Å². The average molecular weight is 328 g/mol. The average Bonchev–Trinajstić information content (AvgIpc) is 2.46. The lowest BCUT2D eigenvalue weighted by atomic mass is 10.2. The van der Waals surface area contributed by atoms with Crippen LogP contribution in [0.5, 0.6) is 5.75 Å². The van der Waals surface area contributed by atoms with Crippen LogP contribution in [0.1, 0.15) is 18.1 Å². The van der Waals surface area contributed by atoms with Gasteiger partial charge in [0.2, 0.25) is 0 Å². The van der Waals surface area contributed by atoms with E-state index in [2.05, 4.69) is 5.32 Å². The Morgan fingerprint density at radius 1 is 1.10 bits per heavy atom. The molecule has 0 bridgehead atoms. The molecule has 112 valence electrons. The molecule has 0 atom stereocenters. The Kier molecular flexibility index (Phi) is 5.85. The Labute approximate surface area is 133 Å². The fourth-order valence-electron chi connectivity index (χ4n) is 1.93. The van der Waals surface area contributed by atoms with E-state index in [9.17, 15) is 4.39 Å². The number of halogens is 3. The van der Waals surface area contributed by atoms with E-state index in [1.807, 2.05) is 13.0 Å². The van der Waals surface area contributed by atoms with Crippen LogP contribution in [0.4, 0.5) is 4.39 Å². The van der Waals surface area contributed by atoms with E-state index in [4.69, 9.17) is 27.9 Å². The van der Waals surface area contributed by atoms with Crippen molar-refractivity contribution in [3.8, 4) is 5.75 Å². The second-order valence-corrected chi connectivity index (χ2v) is 5.31. The smallest absolute Gasteiger partial charge is 0.165 e. The van der Waals surface area contributed by atoms with Crippen LogP contribution >= 0.6 is 23.2 Å². The van der Waals surface area contributed by atoms with Crippen LogP contribution in [0.2, 0.25) is 10.0 Å². The van der Waals surface area contributed by atoms with Crippen molar-refractivity contribution in [3.05, 3.63) is 63.4 Å². The zero-order chi connectivity index (χ0) is 15.2. The molecule has 0 saturated carbocycles. The molecule has 0 heterocycles. The van der Waals surface area contributed by atoms with Crippen molar-refractivity contribution in [2.45, 2.75) is 20.1 Å². The van der Waals surface area contributed by atoms with E-state index < -0.39 is 5.82 Å². The molecule has 0 spiro atoms. The summed E-state index contributed by atoms with van der Waals surface area (Å²) >= 11 is 12.2. The summed E-state index contributed by atoms with van der Waals surface area (Å²) in [4.78, 5) is 0. The fourth-order valence-corrected chi connectivity index (χ4v) is 2.44. The highest BCUT2D eigenvalue weighted by molar-refractivity contribution is 6.35. The molecule has 0 unspecified atom stereocenters. The third kappa shape index (κ3) is 4.10. The van der Waals surface area contributed by atoms with Gasteiger partial charge in [0.25, 0.3) is 0 Å². The maximum atomic E-state index is 14.0. The maximum Gasteiger partial charge on any atom is 0.165 e. The summed E-state index contributed by atoms with van der Waals surface area (Å²) in [6.45, 7) is 3.45. The normalized spacial score (nSPS) is 10.7. The van der Waals surface area contributed by atoms with Crippen LogP contribution in [-0.2, 0) is 13.2 Å².